The van der Waals surface area contributed by atoms with Gasteiger partial charge in [0.1, 0.15) is 5.75 Å². The molecule has 4 nitrogen and oxygen atoms in total. The van der Waals surface area contributed by atoms with Gasteiger partial charge in [-0.25, -0.2) is 0 Å². The summed E-state index contributed by atoms with van der Waals surface area (Å²) in [5.74, 6) is 0.698. The van der Waals surface area contributed by atoms with Crippen LogP contribution in [-0.4, -0.2) is 24.3 Å². The zero-order valence-electron chi connectivity index (χ0n) is 9.82. The minimum atomic E-state index is -0.00847. The van der Waals surface area contributed by atoms with Crippen molar-refractivity contribution in [1.82, 2.24) is 0 Å². The minimum Gasteiger partial charge on any atom is -0.485 e. The predicted octanol–water partition coefficient (Wildman–Crippen LogP) is 1.56. The maximum Gasteiger partial charge on any atom is 0.231 e. The Kier molecular flexibility index (Phi) is 2.02. The molecule has 0 atom stereocenters. The van der Waals surface area contributed by atoms with E-state index in [4.69, 9.17) is 4.74 Å². The molecule has 88 valence electrons. The smallest absolute Gasteiger partial charge is 0.231 e. The van der Waals surface area contributed by atoms with Crippen LogP contribution in [0.4, 0.5) is 5.69 Å². The third kappa shape index (κ3) is 1.37. The standard InChI is InChI=1S/C13H13NO3/c1-7(2)14-10-5-9-11(15)6-17-12(9)3-8(10)4-13(14)16/h3,5,7H,4,6H2,1-2H3. The quantitative estimate of drug-likeness (QED) is 0.736. The van der Waals surface area contributed by atoms with Crippen molar-refractivity contribution in [3.8, 4) is 5.75 Å². The molecular weight excluding hydrogens is 218 g/mol. The van der Waals surface area contributed by atoms with Crippen LogP contribution in [0.1, 0.15) is 29.8 Å². The molecule has 0 bridgehead atoms. The lowest BCUT2D eigenvalue weighted by Gasteiger charge is -2.22. The number of amides is 1. The van der Waals surface area contributed by atoms with Gasteiger partial charge in [0.2, 0.25) is 11.7 Å². The van der Waals surface area contributed by atoms with Crippen LogP contribution in [0.15, 0.2) is 12.1 Å². The SMILES string of the molecule is CC(C)N1C(=O)Cc2cc3c(cc21)C(=O)CO3. The highest BCUT2D eigenvalue weighted by Crippen LogP contribution is 2.38. The molecule has 3 rings (SSSR count). The molecule has 0 aromatic heterocycles. The van der Waals surface area contributed by atoms with Gasteiger partial charge in [-0.15, -0.1) is 0 Å². The van der Waals surface area contributed by atoms with Crippen LogP contribution in [0.3, 0.4) is 0 Å². The largest absolute Gasteiger partial charge is 0.485 e. The highest BCUT2D eigenvalue weighted by molar-refractivity contribution is 6.07. The first-order valence-corrected chi connectivity index (χ1v) is 5.73. The Morgan fingerprint density at radius 1 is 1.29 bits per heavy atom. The van der Waals surface area contributed by atoms with Gasteiger partial charge in [0, 0.05) is 11.7 Å². The molecule has 2 aliphatic rings. The van der Waals surface area contributed by atoms with E-state index in [0.29, 0.717) is 17.7 Å². The van der Waals surface area contributed by atoms with Crippen molar-refractivity contribution >= 4 is 17.4 Å². The fraction of sp³-hybridized carbons (Fsp3) is 0.385. The fourth-order valence-corrected chi connectivity index (χ4v) is 2.48. The molecular formula is C13H13NO3. The van der Waals surface area contributed by atoms with E-state index < -0.39 is 0 Å². The Labute approximate surface area is 99.2 Å². The summed E-state index contributed by atoms with van der Waals surface area (Å²) >= 11 is 0. The summed E-state index contributed by atoms with van der Waals surface area (Å²) in [6.07, 6.45) is 0.401. The van der Waals surface area contributed by atoms with Crippen molar-refractivity contribution in [2.24, 2.45) is 0 Å². The summed E-state index contributed by atoms with van der Waals surface area (Å²) < 4.78 is 5.29. The second kappa shape index (κ2) is 3.32. The number of anilines is 1. The number of ether oxygens (including phenoxy) is 1. The average Bonchev–Trinajstić information content (AvgIpc) is 2.76. The van der Waals surface area contributed by atoms with Crippen molar-refractivity contribution in [2.75, 3.05) is 11.5 Å². The molecule has 0 spiro atoms. The summed E-state index contributed by atoms with van der Waals surface area (Å²) in [4.78, 5) is 25.2. The molecule has 4 heteroatoms. The Balaban J connectivity index is 2.15. The normalized spacial score (nSPS) is 17.5. The average molecular weight is 231 g/mol. The van der Waals surface area contributed by atoms with E-state index in [1.807, 2.05) is 19.9 Å². The molecule has 1 aromatic rings. The topological polar surface area (TPSA) is 46.6 Å². The van der Waals surface area contributed by atoms with E-state index in [-0.39, 0.29) is 24.3 Å². The lowest BCUT2D eigenvalue weighted by molar-refractivity contribution is -0.117. The number of Topliss-reactive ketones (excluding diaryl/α,β-unsaturated/α-hetero) is 1. The summed E-state index contributed by atoms with van der Waals surface area (Å²) in [5.41, 5.74) is 2.42. The highest BCUT2D eigenvalue weighted by Gasteiger charge is 2.33. The second-order valence-electron chi connectivity index (χ2n) is 4.72. The molecule has 0 N–H and O–H groups in total. The molecule has 0 radical (unpaired) electrons. The summed E-state index contributed by atoms with van der Waals surface area (Å²) in [7, 11) is 0. The number of benzene rings is 1. The number of rotatable bonds is 1. The van der Waals surface area contributed by atoms with Crippen molar-refractivity contribution < 1.29 is 14.3 Å². The maximum atomic E-state index is 11.9. The number of hydrogen-bond donors (Lipinski definition) is 0. The number of ketones is 1. The van der Waals surface area contributed by atoms with Gasteiger partial charge >= 0.3 is 0 Å². The van der Waals surface area contributed by atoms with Crippen molar-refractivity contribution in [2.45, 2.75) is 26.3 Å². The summed E-state index contributed by atoms with van der Waals surface area (Å²) in [6.45, 7) is 4.06. The Hall–Kier alpha value is -1.84. The maximum absolute atomic E-state index is 11.9. The third-order valence-corrected chi connectivity index (χ3v) is 3.23. The first-order chi connectivity index (χ1) is 8.08. The van der Waals surface area contributed by atoms with Gasteiger partial charge in [-0.3, -0.25) is 9.59 Å². The van der Waals surface area contributed by atoms with Crippen LogP contribution in [-0.2, 0) is 11.2 Å². The second-order valence-corrected chi connectivity index (χ2v) is 4.72. The zero-order chi connectivity index (χ0) is 12.2. The molecule has 2 heterocycles. The van der Waals surface area contributed by atoms with Crippen LogP contribution in [0, 0.1) is 0 Å². The summed E-state index contributed by atoms with van der Waals surface area (Å²) in [5, 5.41) is 0. The molecule has 1 aromatic carbocycles. The molecule has 0 aliphatic carbocycles. The van der Waals surface area contributed by atoms with E-state index in [1.165, 1.54) is 0 Å². The van der Waals surface area contributed by atoms with E-state index in [2.05, 4.69) is 0 Å². The molecule has 0 unspecified atom stereocenters. The van der Waals surface area contributed by atoms with Crippen LogP contribution in [0.2, 0.25) is 0 Å². The van der Waals surface area contributed by atoms with Gasteiger partial charge in [-0.05, 0) is 31.5 Å². The van der Waals surface area contributed by atoms with Gasteiger partial charge in [-0.2, -0.15) is 0 Å². The van der Waals surface area contributed by atoms with Crippen molar-refractivity contribution in [3.05, 3.63) is 23.3 Å². The molecule has 2 aliphatic heterocycles. The minimum absolute atomic E-state index is 0.00847. The van der Waals surface area contributed by atoms with Crippen molar-refractivity contribution in [3.63, 3.8) is 0 Å². The molecule has 0 fully saturated rings. The monoisotopic (exact) mass is 231 g/mol. The van der Waals surface area contributed by atoms with Gasteiger partial charge in [0.05, 0.1) is 12.0 Å². The number of hydrogen-bond acceptors (Lipinski definition) is 3. The van der Waals surface area contributed by atoms with Gasteiger partial charge in [0.25, 0.3) is 0 Å². The van der Waals surface area contributed by atoms with Crippen LogP contribution >= 0.6 is 0 Å². The van der Waals surface area contributed by atoms with E-state index >= 15 is 0 Å². The predicted molar refractivity (Wildman–Crippen MR) is 62.6 cm³/mol. The van der Waals surface area contributed by atoms with Crippen LogP contribution in [0.25, 0.3) is 0 Å². The Bertz CT molecular complexity index is 534. The van der Waals surface area contributed by atoms with E-state index in [9.17, 15) is 9.59 Å². The van der Waals surface area contributed by atoms with Gasteiger partial charge in [0.15, 0.2) is 6.61 Å². The van der Waals surface area contributed by atoms with Crippen LogP contribution < -0.4 is 9.64 Å². The molecule has 0 saturated carbocycles. The number of nitrogens with zero attached hydrogens (tertiary/aromatic N) is 1. The Morgan fingerprint density at radius 2 is 2.06 bits per heavy atom. The first kappa shape index (κ1) is 10.3. The van der Waals surface area contributed by atoms with E-state index in [1.54, 1.807) is 11.0 Å². The Morgan fingerprint density at radius 3 is 2.76 bits per heavy atom. The molecule has 17 heavy (non-hydrogen) atoms. The number of carbonyl (C=O) groups excluding carboxylic acids is 2. The summed E-state index contributed by atoms with van der Waals surface area (Å²) in [6, 6.07) is 3.74. The first-order valence-electron chi connectivity index (χ1n) is 5.73. The third-order valence-electron chi connectivity index (χ3n) is 3.23. The lowest BCUT2D eigenvalue weighted by Crippen LogP contribution is -2.33. The van der Waals surface area contributed by atoms with Gasteiger partial charge < -0.3 is 9.64 Å². The highest BCUT2D eigenvalue weighted by atomic mass is 16.5. The lowest BCUT2D eigenvalue weighted by atomic mass is 10.1. The van der Waals surface area contributed by atoms with E-state index in [0.717, 1.165) is 11.3 Å². The zero-order valence-corrected chi connectivity index (χ0v) is 9.82. The molecule has 0 saturated heterocycles. The molecule has 1 amide bonds. The van der Waals surface area contributed by atoms with Gasteiger partial charge in [-0.1, -0.05) is 0 Å². The fourth-order valence-electron chi connectivity index (χ4n) is 2.48. The van der Waals surface area contributed by atoms with Crippen molar-refractivity contribution in [1.29, 1.82) is 0 Å². The number of fused-ring (bicyclic) bond motifs is 2. The van der Waals surface area contributed by atoms with Crippen LogP contribution in [0.5, 0.6) is 5.75 Å². The number of carbonyl (C=O) groups is 2.